The molecule has 0 amide bonds. The van der Waals surface area contributed by atoms with E-state index in [1.165, 1.54) is 25.7 Å². The first-order chi connectivity index (χ1) is 6.80. The molecule has 80 valence electrons. The second kappa shape index (κ2) is 6.52. The maximum absolute atomic E-state index is 9.44. The lowest BCUT2D eigenvalue weighted by Gasteiger charge is -2.04. The highest BCUT2D eigenvalue weighted by molar-refractivity contribution is 5.14. The molecule has 2 nitrogen and oxygen atoms in total. The number of aliphatic hydroxyl groups is 2. The van der Waals surface area contributed by atoms with Gasteiger partial charge >= 0.3 is 0 Å². The summed E-state index contributed by atoms with van der Waals surface area (Å²) < 4.78 is 0. The van der Waals surface area contributed by atoms with Gasteiger partial charge in [0.15, 0.2) is 5.76 Å². The fraction of sp³-hybridized carbons (Fsp3) is 0.667. The van der Waals surface area contributed by atoms with Crippen LogP contribution in [0, 0.1) is 0 Å². The Hall–Kier alpha value is -0.920. The summed E-state index contributed by atoms with van der Waals surface area (Å²) in [5, 5.41) is 18.8. The minimum atomic E-state index is 0.0468. The largest absolute Gasteiger partial charge is 0.508 e. The molecule has 0 saturated heterocycles. The molecule has 0 aromatic rings. The molecule has 0 saturated carbocycles. The van der Waals surface area contributed by atoms with Gasteiger partial charge in [-0.25, -0.2) is 0 Å². The van der Waals surface area contributed by atoms with Gasteiger partial charge in [-0.1, -0.05) is 31.8 Å². The second-order valence-corrected chi connectivity index (χ2v) is 3.89. The average molecular weight is 196 g/mol. The molecule has 0 unspecified atom stereocenters. The molecule has 1 aliphatic rings. The van der Waals surface area contributed by atoms with Crippen LogP contribution in [0.1, 0.15) is 51.4 Å². The van der Waals surface area contributed by atoms with Crippen molar-refractivity contribution in [2.45, 2.75) is 51.4 Å². The summed E-state index contributed by atoms with van der Waals surface area (Å²) >= 11 is 0. The van der Waals surface area contributed by atoms with Crippen molar-refractivity contribution in [1.82, 2.24) is 0 Å². The first kappa shape index (κ1) is 11.2. The van der Waals surface area contributed by atoms with Crippen molar-refractivity contribution in [1.29, 1.82) is 0 Å². The third-order valence-corrected chi connectivity index (χ3v) is 2.61. The van der Waals surface area contributed by atoms with Crippen molar-refractivity contribution in [2.75, 3.05) is 0 Å². The Morgan fingerprint density at radius 3 is 2.29 bits per heavy atom. The molecule has 2 N–H and O–H groups in total. The molecular formula is C12H20O2. The molecule has 0 radical (unpaired) electrons. The van der Waals surface area contributed by atoms with Crippen molar-refractivity contribution in [2.24, 2.45) is 0 Å². The average Bonchev–Trinajstić information content (AvgIpc) is 2.18. The quantitative estimate of drug-likeness (QED) is 0.614. The molecule has 0 aromatic carbocycles. The van der Waals surface area contributed by atoms with E-state index in [0.717, 1.165) is 19.3 Å². The smallest absolute Gasteiger partial charge is 0.152 e. The highest BCUT2D eigenvalue weighted by atomic mass is 16.3. The zero-order chi connectivity index (χ0) is 10.2. The van der Waals surface area contributed by atoms with Crippen LogP contribution in [0.15, 0.2) is 23.7 Å². The van der Waals surface area contributed by atoms with Gasteiger partial charge in [0.25, 0.3) is 0 Å². The SMILES string of the molecule is OC1=C(/O)CCCCCCCC/C=C\1. The van der Waals surface area contributed by atoms with Crippen LogP contribution in [0.25, 0.3) is 0 Å². The highest BCUT2D eigenvalue weighted by Gasteiger charge is 2.01. The molecule has 0 fully saturated rings. The summed E-state index contributed by atoms with van der Waals surface area (Å²) in [4.78, 5) is 0. The van der Waals surface area contributed by atoms with Crippen LogP contribution in [0.3, 0.4) is 0 Å². The normalized spacial score (nSPS) is 28.9. The molecule has 14 heavy (non-hydrogen) atoms. The molecule has 0 atom stereocenters. The Balaban J connectivity index is 2.50. The van der Waals surface area contributed by atoms with E-state index in [9.17, 15) is 10.2 Å². The van der Waals surface area contributed by atoms with E-state index in [0.29, 0.717) is 6.42 Å². The maximum Gasteiger partial charge on any atom is 0.152 e. The predicted molar refractivity (Wildman–Crippen MR) is 58.4 cm³/mol. The third kappa shape index (κ3) is 4.35. The lowest BCUT2D eigenvalue weighted by Crippen LogP contribution is -1.90. The lowest BCUT2D eigenvalue weighted by molar-refractivity contribution is 0.318. The van der Waals surface area contributed by atoms with E-state index >= 15 is 0 Å². The number of hydrogen-bond acceptors (Lipinski definition) is 2. The van der Waals surface area contributed by atoms with E-state index in [1.807, 2.05) is 6.08 Å². The van der Waals surface area contributed by atoms with E-state index in [2.05, 4.69) is 0 Å². The molecule has 1 rings (SSSR count). The molecule has 0 heterocycles. The van der Waals surface area contributed by atoms with Crippen molar-refractivity contribution >= 4 is 0 Å². The Morgan fingerprint density at radius 2 is 1.50 bits per heavy atom. The topological polar surface area (TPSA) is 40.5 Å². The summed E-state index contributed by atoms with van der Waals surface area (Å²) in [6, 6.07) is 0. The minimum Gasteiger partial charge on any atom is -0.508 e. The van der Waals surface area contributed by atoms with Crippen LogP contribution in [0.5, 0.6) is 0 Å². The van der Waals surface area contributed by atoms with Gasteiger partial charge < -0.3 is 10.2 Å². The van der Waals surface area contributed by atoms with Gasteiger partial charge in [-0.2, -0.15) is 0 Å². The number of aliphatic hydroxyl groups excluding tert-OH is 2. The Morgan fingerprint density at radius 1 is 0.857 bits per heavy atom. The monoisotopic (exact) mass is 196 g/mol. The molecule has 0 aromatic heterocycles. The van der Waals surface area contributed by atoms with Crippen molar-refractivity contribution in [3.8, 4) is 0 Å². The minimum absolute atomic E-state index is 0.0468. The molecule has 0 aliphatic heterocycles. The summed E-state index contributed by atoms with van der Waals surface area (Å²) in [6.07, 6.45) is 12.3. The summed E-state index contributed by atoms with van der Waals surface area (Å²) in [5.74, 6) is 0.187. The fourth-order valence-electron chi connectivity index (χ4n) is 1.68. The van der Waals surface area contributed by atoms with Gasteiger partial charge in [0.05, 0.1) is 0 Å². The third-order valence-electron chi connectivity index (χ3n) is 2.61. The van der Waals surface area contributed by atoms with E-state index < -0.39 is 0 Å². The first-order valence-electron chi connectivity index (χ1n) is 5.58. The van der Waals surface area contributed by atoms with E-state index in [4.69, 9.17) is 0 Å². The zero-order valence-corrected chi connectivity index (χ0v) is 8.71. The van der Waals surface area contributed by atoms with Gasteiger partial charge in [0, 0.05) is 6.42 Å². The summed E-state index contributed by atoms with van der Waals surface area (Å²) in [6.45, 7) is 0. The second-order valence-electron chi connectivity index (χ2n) is 3.89. The lowest BCUT2D eigenvalue weighted by atomic mass is 10.1. The Labute approximate surface area is 86.0 Å². The molecule has 0 spiro atoms. The van der Waals surface area contributed by atoms with Crippen LogP contribution in [0.2, 0.25) is 0 Å². The van der Waals surface area contributed by atoms with Crippen molar-refractivity contribution in [3.05, 3.63) is 23.7 Å². The van der Waals surface area contributed by atoms with Crippen LogP contribution in [0.4, 0.5) is 0 Å². The Kier molecular flexibility index (Phi) is 5.20. The van der Waals surface area contributed by atoms with Crippen molar-refractivity contribution < 1.29 is 10.2 Å². The number of hydrogen-bond donors (Lipinski definition) is 2. The maximum atomic E-state index is 9.44. The van der Waals surface area contributed by atoms with Crippen LogP contribution < -0.4 is 0 Å². The molecule has 1 aliphatic carbocycles. The van der Waals surface area contributed by atoms with E-state index in [1.54, 1.807) is 6.08 Å². The predicted octanol–water partition coefficient (Wildman–Crippen LogP) is 4.00. The first-order valence-corrected chi connectivity index (χ1v) is 5.58. The molecular weight excluding hydrogens is 176 g/mol. The van der Waals surface area contributed by atoms with E-state index in [-0.39, 0.29) is 11.5 Å². The number of allylic oxidation sites excluding steroid dienone is 3. The van der Waals surface area contributed by atoms with Gasteiger partial charge in [-0.3, -0.25) is 0 Å². The fourth-order valence-corrected chi connectivity index (χ4v) is 1.68. The van der Waals surface area contributed by atoms with Crippen LogP contribution >= 0.6 is 0 Å². The molecule has 0 bridgehead atoms. The van der Waals surface area contributed by atoms with Gasteiger partial charge in [-0.15, -0.1) is 0 Å². The molecule has 2 heteroatoms. The van der Waals surface area contributed by atoms with Crippen LogP contribution in [-0.2, 0) is 0 Å². The summed E-state index contributed by atoms with van der Waals surface area (Å²) in [5.41, 5.74) is 0. The van der Waals surface area contributed by atoms with Crippen LogP contribution in [-0.4, -0.2) is 10.2 Å². The van der Waals surface area contributed by atoms with Gasteiger partial charge in [0.2, 0.25) is 0 Å². The van der Waals surface area contributed by atoms with Crippen molar-refractivity contribution in [3.63, 3.8) is 0 Å². The Bertz CT molecular complexity index is 216. The van der Waals surface area contributed by atoms with Gasteiger partial charge in [0.1, 0.15) is 5.76 Å². The summed E-state index contributed by atoms with van der Waals surface area (Å²) in [7, 11) is 0. The standard InChI is InChI=1S/C12H20O2/c13-11-9-7-5-3-1-2-4-6-8-10-12(11)14/h7,9,13-14H,1-6,8,10H2/b9-7-,12-11+. The zero-order valence-electron chi connectivity index (χ0n) is 8.71. The number of rotatable bonds is 0. The highest BCUT2D eigenvalue weighted by Crippen LogP contribution is 2.15. The van der Waals surface area contributed by atoms with Gasteiger partial charge in [-0.05, 0) is 25.3 Å².